The molecule has 2 aromatic rings. The molecule has 0 bridgehead atoms. The lowest BCUT2D eigenvalue weighted by Gasteiger charge is -2.27. The smallest absolute Gasteiger partial charge is 0.361 e. The van der Waals surface area contributed by atoms with Gasteiger partial charge >= 0.3 is 6.18 Å². The summed E-state index contributed by atoms with van der Waals surface area (Å²) in [6.07, 6.45) is 0.380. The molecule has 0 radical (unpaired) electrons. The first-order valence-electron chi connectivity index (χ1n) is 6.57. The fourth-order valence-electron chi connectivity index (χ4n) is 2.69. The second kappa shape index (κ2) is 4.98. The Balaban J connectivity index is 1.80. The number of para-hydroxylation sites is 1. The molecule has 1 aliphatic rings. The van der Waals surface area contributed by atoms with Crippen molar-refractivity contribution in [1.82, 2.24) is 9.88 Å². The average molecular weight is 280 g/mol. The Labute approximate surface area is 114 Å². The molecule has 2 heterocycles. The van der Waals surface area contributed by atoms with Crippen molar-refractivity contribution in [2.24, 2.45) is 0 Å². The number of H-pyrrole nitrogens is 1. The van der Waals surface area contributed by atoms with Gasteiger partial charge in [-0.1, -0.05) is 24.3 Å². The first-order valence-corrected chi connectivity index (χ1v) is 6.57. The molecular formula is C15H15F3N2. The van der Waals surface area contributed by atoms with Crippen LogP contribution in [0.25, 0.3) is 16.5 Å². The quantitative estimate of drug-likeness (QED) is 0.886. The van der Waals surface area contributed by atoms with Gasteiger partial charge in [0, 0.05) is 35.8 Å². The number of aromatic nitrogens is 1. The van der Waals surface area contributed by atoms with Gasteiger partial charge in [0.15, 0.2) is 0 Å². The van der Waals surface area contributed by atoms with Crippen molar-refractivity contribution < 1.29 is 13.2 Å². The van der Waals surface area contributed by atoms with Crippen LogP contribution in [0.2, 0.25) is 0 Å². The van der Waals surface area contributed by atoms with Gasteiger partial charge in [0.05, 0.1) is 6.54 Å². The van der Waals surface area contributed by atoms with E-state index in [9.17, 15) is 13.2 Å². The molecule has 1 aromatic carbocycles. The lowest BCUT2D eigenvalue weighted by molar-refractivity contribution is -0.144. The molecule has 0 amide bonds. The van der Waals surface area contributed by atoms with Crippen LogP contribution in [0.3, 0.4) is 0 Å². The molecular weight excluding hydrogens is 265 g/mol. The van der Waals surface area contributed by atoms with Crippen LogP contribution in [-0.2, 0) is 0 Å². The zero-order valence-corrected chi connectivity index (χ0v) is 10.9. The highest BCUT2D eigenvalue weighted by atomic mass is 19.4. The normalized spacial score (nSPS) is 17.4. The Bertz CT molecular complexity index is 640. The maximum Gasteiger partial charge on any atom is 0.401 e. The number of halogens is 3. The fraction of sp³-hybridized carbons (Fsp3) is 0.333. The Morgan fingerprint density at radius 3 is 2.70 bits per heavy atom. The molecule has 0 unspecified atom stereocenters. The summed E-state index contributed by atoms with van der Waals surface area (Å²) < 4.78 is 37.1. The highest BCUT2D eigenvalue weighted by molar-refractivity contribution is 5.92. The molecule has 1 N–H and O–H groups in total. The highest BCUT2D eigenvalue weighted by Gasteiger charge is 2.31. The summed E-state index contributed by atoms with van der Waals surface area (Å²) in [6.45, 7) is -0.0239. The zero-order valence-electron chi connectivity index (χ0n) is 10.9. The van der Waals surface area contributed by atoms with E-state index in [-0.39, 0.29) is 0 Å². The minimum absolute atomic E-state index is 0.356. The number of nitrogens with zero attached hydrogens (tertiary/aromatic N) is 1. The van der Waals surface area contributed by atoms with Gasteiger partial charge in [-0.15, -0.1) is 0 Å². The number of fused-ring (bicyclic) bond motifs is 1. The average Bonchev–Trinajstić information content (AvgIpc) is 2.82. The molecule has 0 saturated heterocycles. The molecule has 5 heteroatoms. The molecule has 0 saturated carbocycles. The van der Waals surface area contributed by atoms with Gasteiger partial charge in [0.25, 0.3) is 0 Å². The third kappa shape index (κ3) is 2.72. The Kier molecular flexibility index (Phi) is 3.30. The summed E-state index contributed by atoms with van der Waals surface area (Å²) in [5, 5.41) is 1.13. The molecule has 2 nitrogen and oxygen atoms in total. The van der Waals surface area contributed by atoms with Gasteiger partial charge in [0.2, 0.25) is 0 Å². The summed E-state index contributed by atoms with van der Waals surface area (Å²) in [4.78, 5) is 4.63. The molecule has 1 aromatic heterocycles. The lowest BCUT2D eigenvalue weighted by Crippen LogP contribution is -2.36. The predicted octanol–water partition coefficient (Wildman–Crippen LogP) is 3.82. The van der Waals surface area contributed by atoms with Crippen molar-refractivity contribution in [3.05, 3.63) is 42.1 Å². The van der Waals surface area contributed by atoms with Crippen LogP contribution < -0.4 is 0 Å². The molecule has 106 valence electrons. The number of benzene rings is 1. The number of rotatable bonds is 2. The van der Waals surface area contributed by atoms with Crippen LogP contribution in [0, 0.1) is 0 Å². The van der Waals surface area contributed by atoms with Crippen molar-refractivity contribution >= 4 is 16.5 Å². The van der Waals surface area contributed by atoms with Crippen LogP contribution in [0.15, 0.2) is 36.5 Å². The van der Waals surface area contributed by atoms with E-state index < -0.39 is 12.7 Å². The Hall–Kier alpha value is -1.75. The second-order valence-corrected chi connectivity index (χ2v) is 5.08. The van der Waals surface area contributed by atoms with Gasteiger partial charge in [-0.3, -0.25) is 4.90 Å². The molecule has 0 spiro atoms. The summed E-state index contributed by atoms with van der Waals surface area (Å²) in [5.41, 5.74) is 3.29. The van der Waals surface area contributed by atoms with Gasteiger partial charge in [-0.05, 0) is 18.1 Å². The number of aromatic amines is 1. The highest BCUT2D eigenvalue weighted by Crippen LogP contribution is 2.29. The van der Waals surface area contributed by atoms with Crippen molar-refractivity contribution in [3.63, 3.8) is 0 Å². The van der Waals surface area contributed by atoms with E-state index in [1.807, 2.05) is 36.5 Å². The Morgan fingerprint density at radius 1 is 1.20 bits per heavy atom. The number of hydrogen-bond donors (Lipinski definition) is 1. The van der Waals surface area contributed by atoms with E-state index in [0.29, 0.717) is 19.5 Å². The van der Waals surface area contributed by atoms with Crippen molar-refractivity contribution in [3.8, 4) is 0 Å². The number of nitrogens with one attached hydrogen (secondary N) is 1. The van der Waals surface area contributed by atoms with Crippen LogP contribution in [0.4, 0.5) is 13.2 Å². The number of hydrogen-bond acceptors (Lipinski definition) is 1. The van der Waals surface area contributed by atoms with Crippen molar-refractivity contribution in [2.75, 3.05) is 19.6 Å². The largest absolute Gasteiger partial charge is 0.401 e. The minimum atomic E-state index is -4.12. The molecule has 20 heavy (non-hydrogen) atoms. The fourth-order valence-corrected chi connectivity index (χ4v) is 2.69. The monoisotopic (exact) mass is 280 g/mol. The molecule has 3 rings (SSSR count). The second-order valence-electron chi connectivity index (χ2n) is 5.08. The summed E-state index contributed by atoms with van der Waals surface area (Å²) in [7, 11) is 0. The molecule has 0 aliphatic carbocycles. The van der Waals surface area contributed by atoms with Gasteiger partial charge in [0.1, 0.15) is 0 Å². The summed E-state index contributed by atoms with van der Waals surface area (Å²) in [5.74, 6) is 0. The minimum Gasteiger partial charge on any atom is -0.361 e. The third-order valence-corrected chi connectivity index (χ3v) is 3.63. The topological polar surface area (TPSA) is 19.0 Å². The van der Waals surface area contributed by atoms with Gasteiger partial charge < -0.3 is 4.98 Å². The van der Waals surface area contributed by atoms with E-state index in [2.05, 4.69) is 4.98 Å². The lowest BCUT2D eigenvalue weighted by atomic mass is 9.99. The van der Waals surface area contributed by atoms with E-state index in [1.165, 1.54) is 4.90 Å². The summed E-state index contributed by atoms with van der Waals surface area (Å²) >= 11 is 0. The van der Waals surface area contributed by atoms with Crippen LogP contribution in [0.1, 0.15) is 12.0 Å². The van der Waals surface area contributed by atoms with Gasteiger partial charge in [-0.25, -0.2) is 0 Å². The molecule has 0 fully saturated rings. The summed E-state index contributed by atoms with van der Waals surface area (Å²) in [6, 6.07) is 7.96. The number of alkyl halides is 3. The Morgan fingerprint density at radius 2 is 2.00 bits per heavy atom. The standard InChI is InChI=1S/C15H15F3N2/c16-15(17,18)10-20-7-5-11(6-8-20)13-9-19-14-4-2-1-3-12(13)14/h1-5,9,19H,6-8,10H2. The molecule has 0 atom stereocenters. The van der Waals surface area contributed by atoms with E-state index >= 15 is 0 Å². The van der Waals surface area contributed by atoms with Crippen LogP contribution >= 0.6 is 0 Å². The van der Waals surface area contributed by atoms with Crippen molar-refractivity contribution in [1.29, 1.82) is 0 Å². The van der Waals surface area contributed by atoms with E-state index in [0.717, 1.165) is 22.0 Å². The van der Waals surface area contributed by atoms with Crippen LogP contribution in [0.5, 0.6) is 0 Å². The first-order chi connectivity index (χ1) is 9.53. The predicted molar refractivity (Wildman–Crippen MR) is 73.4 cm³/mol. The molecule has 1 aliphatic heterocycles. The first kappa shape index (κ1) is 13.2. The van der Waals surface area contributed by atoms with Crippen molar-refractivity contribution in [2.45, 2.75) is 12.6 Å². The van der Waals surface area contributed by atoms with E-state index in [4.69, 9.17) is 0 Å². The maximum atomic E-state index is 12.4. The van der Waals surface area contributed by atoms with E-state index in [1.54, 1.807) is 0 Å². The van der Waals surface area contributed by atoms with Crippen LogP contribution in [-0.4, -0.2) is 35.7 Å². The van der Waals surface area contributed by atoms with Gasteiger partial charge in [-0.2, -0.15) is 13.2 Å². The SMILES string of the molecule is FC(F)(F)CN1CC=C(c2c[nH]c3ccccc23)CC1. The maximum absolute atomic E-state index is 12.4. The zero-order chi connectivity index (χ0) is 14.2. The third-order valence-electron chi connectivity index (χ3n) is 3.63.